The predicted molar refractivity (Wildman–Crippen MR) is 90.1 cm³/mol. The number of hydrogen-bond donors (Lipinski definition) is 1. The lowest BCUT2D eigenvalue weighted by atomic mass is 10.0. The minimum atomic E-state index is 0.121. The van der Waals surface area contributed by atoms with E-state index in [1.54, 1.807) is 13.3 Å². The molecule has 2 rings (SSSR count). The number of aromatic nitrogens is 1. The summed E-state index contributed by atoms with van der Waals surface area (Å²) in [4.78, 5) is 4.42. The molecule has 1 aromatic heterocycles. The maximum Gasteiger partial charge on any atom is 0.122 e. The van der Waals surface area contributed by atoms with Gasteiger partial charge in [0.2, 0.25) is 0 Å². The number of hydrogen-bond acceptors (Lipinski definition) is 3. The minimum Gasteiger partial charge on any atom is -0.496 e. The number of likely N-dealkylation sites (N-methyl/N-ethyl adjacent to an activating group) is 1. The van der Waals surface area contributed by atoms with Crippen LogP contribution in [-0.4, -0.2) is 18.6 Å². The number of benzene rings is 1. The van der Waals surface area contributed by atoms with Gasteiger partial charge in [-0.1, -0.05) is 34.5 Å². The van der Waals surface area contributed by atoms with Crippen molar-refractivity contribution in [2.45, 2.75) is 19.4 Å². The van der Waals surface area contributed by atoms with Crippen molar-refractivity contribution < 1.29 is 4.74 Å². The Labute approximate surface area is 138 Å². The Morgan fingerprint density at radius 3 is 2.76 bits per heavy atom. The highest BCUT2D eigenvalue weighted by Crippen LogP contribution is 2.27. The molecule has 3 nitrogen and oxygen atoms in total. The van der Waals surface area contributed by atoms with Crippen LogP contribution < -0.4 is 10.1 Å². The van der Waals surface area contributed by atoms with Gasteiger partial charge in [-0.05, 0) is 48.9 Å². The number of methoxy groups -OCH3 is 1. The molecular formula is C16H18BrClN2O. The summed E-state index contributed by atoms with van der Waals surface area (Å²) in [5.74, 6) is 0.884. The fourth-order valence-electron chi connectivity index (χ4n) is 2.25. The topological polar surface area (TPSA) is 34.1 Å². The molecule has 2 aromatic rings. The van der Waals surface area contributed by atoms with Gasteiger partial charge in [0, 0.05) is 10.7 Å². The highest BCUT2D eigenvalue weighted by atomic mass is 79.9. The Balaban J connectivity index is 2.27. The second kappa shape index (κ2) is 7.78. The zero-order chi connectivity index (χ0) is 15.2. The molecule has 1 N–H and O–H groups in total. The summed E-state index contributed by atoms with van der Waals surface area (Å²) in [6.07, 6.45) is 2.48. The number of halogens is 2. The molecule has 0 spiro atoms. The van der Waals surface area contributed by atoms with Gasteiger partial charge in [0.15, 0.2) is 0 Å². The van der Waals surface area contributed by atoms with E-state index in [1.807, 2.05) is 24.3 Å². The van der Waals surface area contributed by atoms with Gasteiger partial charge in [-0.2, -0.15) is 0 Å². The molecular weight excluding hydrogens is 352 g/mol. The molecule has 21 heavy (non-hydrogen) atoms. The van der Waals surface area contributed by atoms with Crippen LogP contribution in [0.5, 0.6) is 5.75 Å². The first kappa shape index (κ1) is 16.3. The van der Waals surface area contributed by atoms with Crippen LogP contribution in [0.15, 0.2) is 41.0 Å². The highest BCUT2D eigenvalue weighted by Gasteiger charge is 2.15. The molecule has 5 heteroatoms. The second-order valence-corrected chi connectivity index (χ2v) is 6.02. The predicted octanol–water partition coefficient (Wildman–Crippen LogP) is 4.40. The zero-order valence-electron chi connectivity index (χ0n) is 12.1. The zero-order valence-corrected chi connectivity index (χ0v) is 14.4. The fourth-order valence-corrected chi connectivity index (χ4v) is 2.77. The molecule has 0 aliphatic rings. The van der Waals surface area contributed by atoms with E-state index in [4.69, 9.17) is 16.3 Å². The molecule has 1 aromatic carbocycles. The van der Waals surface area contributed by atoms with Crippen molar-refractivity contribution in [3.05, 3.63) is 57.3 Å². The van der Waals surface area contributed by atoms with Crippen LogP contribution in [0.2, 0.25) is 5.02 Å². The van der Waals surface area contributed by atoms with Crippen LogP contribution in [-0.2, 0) is 6.42 Å². The van der Waals surface area contributed by atoms with Gasteiger partial charge in [0.1, 0.15) is 5.75 Å². The van der Waals surface area contributed by atoms with Crippen LogP contribution in [0.1, 0.15) is 24.2 Å². The Morgan fingerprint density at radius 1 is 1.33 bits per heavy atom. The third-order valence-corrected chi connectivity index (χ3v) is 3.94. The molecule has 0 saturated heterocycles. The third-order valence-electron chi connectivity index (χ3n) is 3.22. The summed E-state index contributed by atoms with van der Waals surface area (Å²) in [6, 6.07) is 9.98. The number of pyridine rings is 1. The average Bonchev–Trinajstić information content (AvgIpc) is 2.48. The fraction of sp³-hybridized carbons (Fsp3) is 0.312. The van der Waals surface area contributed by atoms with Crippen LogP contribution in [0, 0.1) is 0 Å². The van der Waals surface area contributed by atoms with Crippen molar-refractivity contribution in [2.75, 3.05) is 13.7 Å². The van der Waals surface area contributed by atoms with Gasteiger partial charge in [-0.15, -0.1) is 0 Å². The quantitative estimate of drug-likeness (QED) is 0.819. The second-order valence-electron chi connectivity index (χ2n) is 4.67. The maximum absolute atomic E-state index is 5.91. The van der Waals surface area contributed by atoms with E-state index in [2.05, 4.69) is 39.2 Å². The van der Waals surface area contributed by atoms with Gasteiger partial charge in [-0.3, -0.25) is 4.98 Å². The molecule has 0 amide bonds. The van der Waals surface area contributed by atoms with Crippen LogP contribution >= 0.6 is 27.5 Å². The van der Waals surface area contributed by atoms with E-state index in [-0.39, 0.29) is 6.04 Å². The average molecular weight is 370 g/mol. The smallest absolute Gasteiger partial charge is 0.122 e. The van der Waals surface area contributed by atoms with Gasteiger partial charge in [-0.25, -0.2) is 0 Å². The molecule has 1 unspecified atom stereocenters. The standard InChI is InChI=1S/C16H18BrClN2O/c1-3-19-15(14-6-5-13(18)10-20-14)9-11-8-12(17)4-7-16(11)21-2/h4-8,10,15,19H,3,9H2,1-2H3. The maximum atomic E-state index is 5.91. The first-order chi connectivity index (χ1) is 10.1. The lowest BCUT2D eigenvalue weighted by molar-refractivity contribution is 0.405. The van der Waals surface area contributed by atoms with E-state index in [0.29, 0.717) is 5.02 Å². The summed E-state index contributed by atoms with van der Waals surface area (Å²) >= 11 is 9.42. The van der Waals surface area contributed by atoms with Crippen LogP contribution in [0.4, 0.5) is 0 Å². The first-order valence-corrected chi connectivity index (χ1v) is 7.98. The molecule has 0 aliphatic carbocycles. The Morgan fingerprint density at radius 2 is 2.14 bits per heavy atom. The monoisotopic (exact) mass is 368 g/mol. The van der Waals surface area contributed by atoms with Gasteiger partial charge in [0.25, 0.3) is 0 Å². The molecule has 0 saturated carbocycles. The number of nitrogens with zero attached hydrogens (tertiary/aromatic N) is 1. The van der Waals surface area contributed by atoms with E-state index in [0.717, 1.165) is 34.4 Å². The van der Waals surface area contributed by atoms with E-state index >= 15 is 0 Å². The summed E-state index contributed by atoms with van der Waals surface area (Å²) < 4.78 is 6.48. The van der Waals surface area contributed by atoms with Gasteiger partial charge < -0.3 is 10.1 Å². The molecule has 0 radical (unpaired) electrons. The largest absolute Gasteiger partial charge is 0.496 e. The Hall–Kier alpha value is -1.10. The molecule has 112 valence electrons. The number of rotatable bonds is 6. The van der Waals surface area contributed by atoms with E-state index < -0.39 is 0 Å². The first-order valence-electron chi connectivity index (χ1n) is 6.81. The molecule has 0 fully saturated rings. The van der Waals surface area contributed by atoms with Crippen molar-refractivity contribution in [3.63, 3.8) is 0 Å². The van der Waals surface area contributed by atoms with Crippen LogP contribution in [0.3, 0.4) is 0 Å². The summed E-state index contributed by atoms with van der Waals surface area (Å²) in [6.45, 7) is 2.95. The number of nitrogens with one attached hydrogen (secondary N) is 1. The Bertz CT molecular complexity index is 589. The normalized spacial score (nSPS) is 12.2. The Kier molecular flexibility index (Phi) is 6.03. The number of ether oxygens (including phenoxy) is 1. The van der Waals surface area contributed by atoms with E-state index in [9.17, 15) is 0 Å². The van der Waals surface area contributed by atoms with Crippen molar-refractivity contribution in [1.82, 2.24) is 10.3 Å². The van der Waals surface area contributed by atoms with Crippen molar-refractivity contribution >= 4 is 27.5 Å². The molecule has 1 heterocycles. The van der Waals surface area contributed by atoms with Gasteiger partial charge in [0.05, 0.1) is 23.9 Å². The molecule has 1 atom stereocenters. The SMILES string of the molecule is CCNC(Cc1cc(Br)ccc1OC)c1ccc(Cl)cn1. The van der Waals surface area contributed by atoms with E-state index in [1.165, 1.54) is 0 Å². The van der Waals surface area contributed by atoms with Gasteiger partial charge >= 0.3 is 0 Å². The van der Waals surface area contributed by atoms with Crippen molar-refractivity contribution in [3.8, 4) is 5.75 Å². The van der Waals surface area contributed by atoms with Crippen LogP contribution in [0.25, 0.3) is 0 Å². The minimum absolute atomic E-state index is 0.121. The summed E-state index contributed by atoms with van der Waals surface area (Å²) in [7, 11) is 1.69. The molecule has 0 bridgehead atoms. The lowest BCUT2D eigenvalue weighted by Gasteiger charge is -2.19. The van der Waals surface area contributed by atoms with Crippen molar-refractivity contribution in [2.24, 2.45) is 0 Å². The summed E-state index contributed by atoms with van der Waals surface area (Å²) in [5, 5.41) is 4.11. The summed E-state index contributed by atoms with van der Waals surface area (Å²) in [5.41, 5.74) is 2.11. The lowest BCUT2D eigenvalue weighted by Crippen LogP contribution is -2.24. The van der Waals surface area contributed by atoms with Crippen molar-refractivity contribution in [1.29, 1.82) is 0 Å². The third kappa shape index (κ3) is 4.43. The molecule has 0 aliphatic heterocycles. The highest BCUT2D eigenvalue weighted by molar-refractivity contribution is 9.10.